The van der Waals surface area contributed by atoms with Crippen molar-refractivity contribution >= 4 is 57.7 Å². The average Bonchev–Trinajstić information content (AvgIpc) is 3.72. The Morgan fingerprint density at radius 1 is 0.887 bits per heavy atom. The van der Waals surface area contributed by atoms with Gasteiger partial charge in [-0.2, -0.15) is 31.9 Å². The summed E-state index contributed by atoms with van der Waals surface area (Å²) in [4.78, 5) is 70.0. The first-order valence-corrected chi connectivity index (χ1v) is 18.9. The number of aromatic nitrogens is 8. The predicted molar refractivity (Wildman–Crippen MR) is 163 cm³/mol. The van der Waals surface area contributed by atoms with Gasteiger partial charge in [0.1, 0.15) is 24.4 Å². The zero-order valence-electron chi connectivity index (χ0n) is 26.2. The maximum absolute atomic E-state index is 15.2. The molecule has 6 rings (SSSR count). The fraction of sp³-hybridized carbons (Fsp3) is 0.524. The van der Waals surface area contributed by atoms with Crippen LogP contribution in [0.1, 0.15) is 12.5 Å². The number of fused-ring (bicyclic) bond motifs is 2. The van der Waals surface area contributed by atoms with Crippen LogP contribution in [0.4, 0.5) is 20.7 Å². The number of rotatable bonds is 12. The van der Waals surface area contributed by atoms with Gasteiger partial charge in [0.25, 0.3) is 23.0 Å². The van der Waals surface area contributed by atoms with Crippen LogP contribution < -0.4 is 27.2 Å². The normalized spacial score (nSPS) is 29.3. The molecule has 4 unspecified atom stereocenters. The van der Waals surface area contributed by atoms with Crippen molar-refractivity contribution < 1.29 is 84.2 Å². The van der Waals surface area contributed by atoms with Crippen LogP contribution in [0, 0.1) is 0 Å². The number of hydrogen-bond donors (Lipinski definition) is 10. The Morgan fingerprint density at radius 2 is 1.45 bits per heavy atom. The molecule has 0 aromatic carbocycles. The van der Waals surface area contributed by atoms with E-state index < -0.39 is 108 Å². The van der Waals surface area contributed by atoms with Crippen molar-refractivity contribution in [2.24, 2.45) is 7.05 Å². The third-order valence-electron chi connectivity index (χ3n) is 7.70. The lowest BCUT2D eigenvalue weighted by Gasteiger charge is -2.21. The van der Waals surface area contributed by atoms with Crippen LogP contribution >= 0.6 is 23.5 Å². The highest BCUT2D eigenvalue weighted by Gasteiger charge is 2.63. The maximum Gasteiger partial charge on any atom is 0.490 e. The van der Waals surface area contributed by atoms with E-state index >= 15 is 8.78 Å². The number of anilines is 2. The molecule has 27 nitrogen and oxygen atoms in total. The topological polar surface area (TPSA) is 398 Å². The zero-order chi connectivity index (χ0) is 39.0. The van der Waals surface area contributed by atoms with E-state index in [9.17, 15) is 53.3 Å². The van der Waals surface area contributed by atoms with E-state index in [4.69, 9.17) is 20.9 Å². The number of nitrogens with one attached hydrogen (secondary N) is 2. The Balaban J connectivity index is 1.06. The average molecular weight is 823 g/mol. The number of nitrogens with two attached hydrogens (primary N) is 2. The number of aromatic amines is 2. The summed E-state index contributed by atoms with van der Waals surface area (Å²) in [7, 11) is -16.5. The second-order valence-corrected chi connectivity index (χ2v) is 16.0. The molecule has 53 heavy (non-hydrogen) atoms. The number of aryl methyl sites for hydroxylation is 1. The van der Waals surface area contributed by atoms with Crippen molar-refractivity contribution in [2.75, 3.05) is 24.7 Å². The Bertz CT molecular complexity index is 2340. The number of aliphatic hydroxyl groups excluding tert-OH is 3. The molecular formula is C21H28F2N10O17P3+. The van der Waals surface area contributed by atoms with Crippen LogP contribution in [-0.2, 0) is 47.9 Å². The van der Waals surface area contributed by atoms with E-state index in [1.807, 2.05) is 0 Å². The lowest BCUT2D eigenvalue weighted by atomic mass is 10.1. The van der Waals surface area contributed by atoms with Crippen molar-refractivity contribution in [3.05, 3.63) is 33.4 Å². The molecule has 32 heteroatoms. The van der Waals surface area contributed by atoms with Crippen LogP contribution in [0.3, 0.4) is 0 Å². The molecular weight excluding hydrogens is 795 g/mol. The van der Waals surface area contributed by atoms with Gasteiger partial charge in [-0.05, 0) is 0 Å². The molecule has 0 amide bonds. The molecule has 12 N–H and O–H groups in total. The summed E-state index contributed by atoms with van der Waals surface area (Å²) in [6.07, 6.45) is -12.2. The van der Waals surface area contributed by atoms with Gasteiger partial charge in [-0.3, -0.25) is 33.2 Å². The number of phosphoric ester groups is 2. The minimum absolute atomic E-state index is 0.179. The Labute approximate surface area is 290 Å². The number of phosphoric acid groups is 3. The minimum Gasteiger partial charge on any atom is -0.387 e. The smallest absolute Gasteiger partial charge is 0.387 e. The number of aliphatic hydroxyl groups is 3. The number of nitrogen functional groups attached to an aromatic ring is 2. The second-order valence-electron chi connectivity index (χ2n) is 11.4. The molecule has 2 saturated heterocycles. The van der Waals surface area contributed by atoms with Gasteiger partial charge in [-0.25, -0.2) is 23.2 Å². The monoisotopic (exact) mass is 823 g/mol. The molecule has 2 aliphatic rings. The number of halogens is 2. The van der Waals surface area contributed by atoms with E-state index in [-0.39, 0.29) is 22.6 Å². The van der Waals surface area contributed by atoms with E-state index in [1.165, 1.54) is 7.05 Å². The molecule has 6 heterocycles. The highest BCUT2D eigenvalue weighted by molar-refractivity contribution is 7.66. The van der Waals surface area contributed by atoms with Gasteiger partial charge in [0.15, 0.2) is 23.5 Å². The summed E-state index contributed by atoms with van der Waals surface area (Å²) in [6.45, 7) is -2.56. The van der Waals surface area contributed by atoms with E-state index in [0.717, 1.165) is 21.8 Å². The second kappa shape index (κ2) is 13.6. The maximum atomic E-state index is 15.2. The SMILES string of the molecule is C[n+]1cn([C@@H]2O[C@H](COP(=O)(O)OP(=O)(O)OP(=O)(O)OC[C@H]3O[C@@H](n4cnc5c(=O)[nH]c(N)nc54)C(O)[C@H]3O)[C@H](O)C2(F)F)c2nc(N)[nH]c(=O)c21. The number of ether oxygens (including phenoxy) is 2. The van der Waals surface area contributed by atoms with Gasteiger partial charge >= 0.3 is 34.9 Å². The third-order valence-corrected chi connectivity index (χ3v) is 12.0. The molecule has 4 aromatic heterocycles. The number of H-pyrrole nitrogens is 2. The molecule has 4 aromatic rings. The molecule has 0 aliphatic carbocycles. The quantitative estimate of drug-likeness (QED) is 0.0495. The van der Waals surface area contributed by atoms with Crippen LogP contribution in [0.2, 0.25) is 0 Å². The number of alkyl halides is 2. The van der Waals surface area contributed by atoms with E-state index in [1.54, 1.807) is 0 Å². The largest absolute Gasteiger partial charge is 0.490 e. The number of hydrogen-bond acceptors (Lipinski definition) is 19. The molecule has 0 saturated carbocycles. The number of imidazole rings is 2. The van der Waals surface area contributed by atoms with Crippen molar-refractivity contribution in [2.45, 2.75) is 48.9 Å². The molecule has 0 radical (unpaired) electrons. The highest BCUT2D eigenvalue weighted by atomic mass is 31.3. The first kappa shape index (κ1) is 39.1. The predicted octanol–water partition coefficient (Wildman–Crippen LogP) is -3.27. The fourth-order valence-electron chi connectivity index (χ4n) is 5.43. The highest BCUT2D eigenvalue weighted by Crippen LogP contribution is 2.68. The third kappa shape index (κ3) is 7.55. The summed E-state index contributed by atoms with van der Waals surface area (Å²) >= 11 is 0. The van der Waals surface area contributed by atoms with Crippen LogP contribution in [0.5, 0.6) is 0 Å². The summed E-state index contributed by atoms with van der Waals surface area (Å²) in [5, 5.41) is 31.2. The Kier molecular flexibility index (Phi) is 10.0. The van der Waals surface area contributed by atoms with Gasteiger partial charge in [-0.1, -0.05) is 0 Å². The molecule has 2 aliphatic heterocycles. The van der Waals surface area contributed by atoms with Gasteiger partial charge in [0.2, 0.25) is 18.2 Å². The molecule has 10 atom stereocenters. The molecule has 2 fully saturated rings. The first-order valence-electron chi connectivity index (χ1n) is 14.4. The lowest BCUT2D eigenvalue weighted by molar-refractivity contribution is -0.646. The van der Waals surface area contributed by atoms with Gasteiger partial charge in [-0.15, -0.1) is 0 Å². The lowest BCUT2D eigenvalue weighted by Crippen LogP contribution is -2.39. The summed E-state index contributed by atoms with van der Waals surface area (Å²) in [6, 6.07) is 0. The van der Waals surface area contributed by atoms with Crippen molar-refractivity contribution in [3.63, 3.8) is 0 Å². The van der Waals surface area contributed by atoms with E-state index in [2.05, 4.69) is 42.6 Å². The number of nitrogens with zero attached hydrogens (tertiary/aromatic N) is 6. The summed E-state index contributed by atoms with van der Waals surface area (Å²) in [5.41, 5.74) is 8.48. The van der Waals surface area contributed by atoms with Gasteiger partial charge in [0.05, 0.1) is 26.6 Å². The van der Waals surface area contributed by atoms with Crippen LogP contribution in [0.15, 0.2) is 22.2 Å². The van der Waals surface area contributed by atoms with Gasteiger partial charge < -0.3 is 50.9 Å². The van der Waals surface area contributed by atoms with Crippen molar-refractivity contribution in [1.29, 1.82) is 0 Å². The summed E-state index contributed by atoms with van der Waals surface area (Å²) in [5.74, 6) is -4.95. The van der Waals surface area contributed by atoms with Gasteiger partial charge in [0, 0.05) is 0 Å². The first-order chi connectivity index (χ1) is 24.5. The Hall–Kier alpha value is -3.63. The molecule has 0 bridgehead atoms. The van der Waals surface area contributed by atoms with Crippen molar-refractivity contribution in [1.82, 2.24) is 34.1 Å². The minimum atomic E-state index is -6.11. The van der Waals surface area contributed by atoms with Crippen molar-refractivity contribution in [3.8, 4) is 0 Å². The van der Waals surface area contributed by atoms with E-state index in [0.29, 0.717) is 4.57 Å². The summed E-state index contributed by atoms with van der Waals surface area (Å²) < 4.78 is 97.8. The fourth-order valence-corrected chi connectivity index (χ4v) is 8.95. The zero-order valence-corrected chi connectivity index (χ0v) is 28.9. The Morgan fingerprint density at radius 3 is 2.08 bits per heavy atom. The van der Waals surface area contributed by atoms with Crippen LogP contribution in [-0.4, -0.2) is 114 Å². The van der Waals surface area contributed by atoms with Crippen LogP contribution in [0.25, 0.3) is 22.3 Å². The molecule has 0 spiro atoms. The molecule has 292 valence electrons. The standard InChI is InChI=1S/C21H27F2N10O17P3/c1-31-5-33(14-9(31)16(38)30-20(25)28-14)18-21(22,23)12(36)7(48-18)3-46-52(41,42)50-53(43,44)49-51(39,40)45-2-6-10(34)11(35)17(47-6)32-4-26-8-13(32)27-19(24)29-15(8)37/h4-7,10-12,17-18,34-36H,2-3H2,1H3,(H8-,24,25,27,28,29,30,37,38,39,40,41,42,43,44)/p+1/t6-,7-,10+,11?,12+,17-,18-/m1/s1.